The number of nitrogens with zero attached hydrogens (tertiary/aromatic N) is 3. The topological polar surface area (TPSA) is 68.8 Å². The van der Waals surface area contributed by atoms with Crippen molar-refractivity contribution >= 4 is 28.6 Å². The standard InChI is InChI=1S/C29H30N4O2/c1-18-14-23(6-7-24(18)22-5-2-20-8-12-30-25(20)15-22)26-31-29(10-11-29)28(35)33(26)17-19-9-13-32(16-19)27(34)21-3-4-21/h2,5-8,12,14-15,19,21,30H,3-4,9-11,13,16-17H2,1H3/t19-/m1/s1. The predicted octanol–water partition coefficient (Wildman–Crippen LogP) is 4.52. The second-order valence-electron chi connectivity index (χ2n) is 10.9. The highest BCUT2D eigenvalue weighted by Gasteiger charge is 2.57. The molecular formula is C29H30N4O2. The van der Waals surface area contributed by atoms with Crippen LogP contribution < -0.4 is 0 Å². The van der Waals surface area contributed by atoms with Gasteiger partial charge in [0, 0.05) is 42.8 Å². The number of hydrogen-bond acceptors (Lipinski definition) is 3. The molecule has 2 aromatic carbocycles. The zero-order valence-corrected chi connectivity index (χ0v) is 20.1. The minimum absolute atomic E-state index is 0.151. The van der Waals surface area contributed by atoms with E-state index < -0.39 is 5.54 Å². The van der Waals surface area contributed by atoms with Crippen molar-refractivity contribution in [3.05, 3.63) is 59.8 Å². The SMILES string of the molecule is Cc1cc(C2=NC3(CC3)C(=O)N2C[C@@H]2CCN(C(=O)C3CC3)C2)ccc1-c1ccc2cc[nH]c2c1. The second kappa shape index (κ2) is 7.54. The molecule has 7 rings (SSSR count). The Labute approximate surface area is 205 Å². The first-order valence-corrected chi connectivity index (χ1v) is 12.9. The van der Waals surface area contributed by atoms with Gasteiger partial charge in [0.1, 0.15) is 11.4 Å². The van der Waals surface area contributed by atoms with Crippen molar-refractivity contribution in [2.75, 3.05) is 19.6 Å². The maximum absolute atomic E-state index is 13.4. The van der Waals surface area contributed by atoms with Crippen LogP contribution in [0.1, 0.15) is 43.2 Å². The molecule has 3 aromatic rings. The normalized spacial score (nSPS) is 22.9. The summed E-state index contributed by atoms with van der Waals surface area (Å²) in [5, 5.41) is 1.21. The van der Waals surface area contributed by atoms with E-state index in [0.717, 1.165) is 62.1 Å². The molecule has 2 saturated carbocycles. The number of amidine groups is 1. The number of aliphatic imine (C=N–C) groups is 1. The van der Waals surface area contributed by atoms with Crippen LogP contribution in [0.2, 0.25) is 0 Å². The van der Waals surface area contributed by atoms with Crippen LogP contribution in [-0.4, -0.2) is 57.6 Å². The average molecular weight is 467 g/mol. The molecule has 178 valence electrons. The van der Waals surface area contributed by atoms with Crippen LogP contribution in [0, 0.1) is 18.8 Å². The molecule has 3 fully saturated rings. The summed E-state index contributed by atoms with van der Waals surface area (Å²) in [6.07, 6.45) is 6.69. The van der Waals surface area contributed by atoms with Crippen LogP contribution in [-0.2, 0) is 9.59 Å². The average Bonchev–Trinajstić information content (AvgIpc) is 3.74. The van der Waals surface area contributed by atoms with Gasteiger partial charge in [-0.25, -0.2) is 0 Å². The molecule has 1 N–H and O–H groups in total. The number of amides is 2. The molecule has 0 unspecified atom stereocenters. The molecule has 2 aliphatic carbocycles. The van der Waals surface area contributed by atoms with Gasteiger partial charge in [0.25, 0.3) is 5.91 Å². The first-order valence-electron chi connectivity index (χ1n) is 12.9. The summed E-state index contributed by atoms with van der Waals surface area (Å²) in [4.78, 5) is 38.1. The number of aryl methyl sites for hydroxylation is 1. The number of rotatable bonds is 5. The highest BCUT2D eigenvalue weighted by atomic mass is 16.2. The molecule has 2 aliphatic heterocycles. The van der Waals surface area contributed by atoms with E-state index >= 15 is 0 Å². The van der Waals surface area contributed by atoms with Crippen molar-refractivity contribution in [3.8, 4) is 11.1 Å². The Morgan fingerprint density at radius 2 is 1.91 bits per heavy atom. The van der Waals surface area contributed by atoms with Crippen LogP contribution in [0.5, 0.6) is 0 Å². The summed E-state index contributed by atoms with van der Waals surface area (Å²) >= 11 is 0. The number of nitrogens with one attached hydrogen (secondary N) is 1. The molecule has 6 nitrogen and oxygen atoms in total. The maximum Gasteiger partial charge on any atom is 0.256 e. The van der Waals surface area contributed by atoms with Gasteiger partial charge in [-0.3, -0.25) is 19.5 Å². The molecule has 3 heterocycles. The van der Waals surface area contributed by atoms with Crippen LogP contribution in [0.4, 0.5) is 0 Å². The fraction of sp³-hybridized carbons (Fsp3) is 0.414. The number of aromatic amines is 1. The number of fused-ring (bicyclic) bond motifs is 1. The van der Waals surface area contributed by atoms with E-state index in [1.807, 2.05) is 16.0 Å². The van der Waals surface area contributed by atoms with E-state index in [0.29, 0.717) is 18.4 Å². The second-order valence-corrected chi connectivity index (χ2v) is 10.9. The fourth-order valence-corrected chi connectivity index (χ4v) is 5.86. The van der Waals surface area contributed by atoms with Crippen LogP contribution in [0.25, 0.3) is 22.0 Å². The van der Waals surface area contributed by atoms with Gasteiger partial charge >= 0.3 is 0 Å². The van der Waals surface area contributed by atoms with Gasteiger partial charge in [-0.05, 0) is 85.2 Å². The fourth-order valence-electron chi connectivity index (χ4n) is 5.86. The van der Waals surface area contributed by atoms with E-state index in [9.17, 15) is 9.59 Å². The minimum Gasteiger partial charge on any atom is -0.361 e. The highest BCUT2D eigenvalue weighted by Crippen LogP contribution is 2.46. The number of likely N-dealkylation sites (tertiary alicyclic amines) is 1. The Bertz CT molecular complexity index is 1390. The van der Waals surface area contributed by atoms with Crippen molar-refractivity contribution in [2.45, 2.75) is 44.6 Å². The summed E-state index contributed by atoms with van der Waals surface area (Å²) in [6.45, 7) is 4.36. The number of hydrogen-bond donors (Lipinski definition) is 1. The van der Waals surface area contributed by atoms with Crippen LogP contribution in [0.15, 0.2) is 53.7 Å². The molecule has 1 aromatic heterocycles. The molecule has 35 heavy (non-hydrogen) atoms. The lowest BCUT2D eigenvalue weighted by atomic mass is 9.97. The Morgan fingerprint density at radius 3 is 2.69 bits per heavy atom. The molecule has 2 amide bonds. The summed E-state index contributed by atoms with van der Waals surface area (Å²) in [7, 11) is 0. The molecule has 0 radical (unpaired) electrons. The quantitative estimate of drug-likeness (QED) is 0.601. The van der Waals surface area contributed by atoms with Gasteiger partial charge in [-0.1, -0.05) is 24.3 Å². The lowest BCUT2D eigenvalue weighted by Gasteiger charge is -2.24. The zero-order chi connectivity index (χ0) is 23.7. The Morgan fingerprint density at radius 1 is 1.09 bits per heavy atom. The smallest absolute Gasteiger partial charge is 0.256 e. The summed E-state index contributed by atoms with van der Waals surface area (Å²) in [5.74, 6) is 1.85. The molecular weight excluding hydrogens is 436 g/mol. The van der Waals surface area contributed by atoms with Crippen molar-refractivity contribution < 1.29 is 9.59 Å². The van der Waals surface area contributed by atoms with E-state index in [4.69, 9.17) is 4.99 Å². The van der Waals surface area contributed by atoms with Crippen LogP contribution >= 0.6 is 0 Å². The number of H-pyrrole nitrogens is 1. The number of aromatic nitrogens is 1. The van der Waals surface area contributed by atoms with Crippen LogP contribution in [0.3, 0.4) is 0 Å². The third-order valence-corrected chi connectivity index (χ3v) is 8.26. The molecule has 6 heteroatoms. The molecule has 1 spiro atoms. The third kappa shape index (κ3) is 3.49. The van der Waals surface area contributed by atoms with E-state index in [-0.39, 0.29) is 11.8 Å². The van der Waals surface area contributed by atoms with Gasteiger partial charge in [0.15, 0.2) is 0 Å². The Balaban J connectivity index is 1.15. The molecule has 1 saturated heterocycles. The van der Waals surface area contributed by atoms with Crippen molar-refractivity contribution in [3.63, 3.8) is 0 Å². The van der Waals surface area contributed by atoms with Gasteiger partial charge in [-0.2, -0.15) is 0 Å². The molecule has 0 bridgehead atoms. The van der Waals surface area contributed by atoms with E-state index in [1.165, 1.54) is 22.1 Å². The Kier molecular flexibility index (Phi) is 4.51. The summed E-state index contributed by atoms with van der Waals surface area (Å²) in [5.41, 5.74) is 5.14. The summed E-state index contributed by atoms with van der Waals surface area (Å²) < 4.78 is 0. The lowest BCUT2D eigenvalue weighted by molar-refractivity contribution is -0.131. The number of carbonyl (C=O) groups is 2. The van der Waals surface area contributed by atoms with Gasteiger partial charge in [0.05, 0.1) is 0 Å². The Hall–Kier alpha value is -3.41. The highest BCUT2D eigenvalue weighted by molar-refractivity contribution is 6.16. The first-order chi connectivity index (χ1) is 17.0. The molecule has 1 atom stereocenters. The van der Waals surface area contributed by atoms with E-state index in [2.05, 4.69) is 54.4 Å². The predicted molar refractivity (Wildman–Crippen MR) is 136 cm³/mol. The van der Waals surface area contributed by atoms with Gasteiger partial charge < -0.3 is 9.88 Å². The van der Waals surface area contributed by atoms with Gasteiger partial charge in [0.2, 0.25) is 5.91 Å². The minimum atomic E-state index is -0.525. The summed E-state index contributed by atoms with van der Waals surface area (Å²) in [6, 6.07) is 15.0. The van der Waals surface area contributed by atoms with Crippen molar-refractivity contribution in [1.29, 1.82) is 0 Å². The van der Waals surface area contributed by atoms with Crippen molar-refractivity contribution in [1.82, 2.24) is 14.8 Å². The first kappa shape index (κ1) is 20.9. The number of carbonyl (C=O) groups excluding carboxylic acids is 2. The van der Waals surface area contributed by atoms with Crippen molar-refractivity contribution in [2.24, 2.45) is 16.8 Å². The number of benzene rings is 2. The third-order valence-electron chi connectivity index (χ3n) is 8.26. The van der Waals surface area contributed by atoms with Gasteiger partial charge in [-0.15, -0.1) is 0 Å². The largest absolute Gasteiger partial charge is 0.361 e. The zero-order valence-electron chi connectivity index (χ0n) is 20.1. The maximum atomic E-state index is 13.4. The van der Waals surface area contributed by atoms with E-state index in [1.54, 1.807) is 0 Å². The lowest BCUT2D eigenvalue weighted by Crippen LogP contribution is -2.41. The molecule has 4 aliphatic rings. The monoisotopic (exact) mass is 466 g/mol.